The summed E-state index contributed by atoms with van der Waals surface area (Å²) in [4.78, 5) is 13.6. The molecule has 4 heteroatoms. The molecular weight excluding hydrogens is 226 g/mol. The summed E-state index contributed by atoms with van der Waals surface area (Å²) < 4.78 is 0. The fourth-order valence-corrected chi connectivity index (χ4v) is 1.50. The molecule has 0 saturated heterocycles. The number of amides is 1. The van der Waals surface area contributed by atoms with Gasteiger partial charge in [-0.05, 0) is 24.1 Å². The molecule has 0 aliphatic rings. The molecule has 0 radical (unpaired) electrons. The Morgan fingerprint density at radius 3 is 2.72 bits per heavy atom. The van der Waals surface area contributed by atoms with E-state index in [-0.39, 0.29) is 17.9 Å². The summed E-state index contributed by atoms with van der Waals surface area (Å²) in [7, 11) is 1.70. The van der Waals surface area contributed by atoms with Crippen molar-refractivity contribution in [2.24, 2.45) is 11.7 Å². The molecule has 18 heavy (non-hydrogen) atoms. The van der Waals surface area contributed by atoms with Crippen LogP contribution in [0.5, 0.6) is 0 Å². The van der Waals surface area contributed by atoms with Gasteiger partial charge < -0.3 is 10.6 Å². The Morgan fingerprint density at radius 2 is 2.17 bits per heavy atom. The van der Waals surface area contributed by atoms with Crippen LogP contribution in [-0.2, 0) is 4.79 Å². The third-order valence-electron chi connectivity index (χ3n) is 3.00. The van der Waals surface area contributed by atoms with E-state index in [2.05, 4.69) is 6.07 Å². The first-order chi connectivity index (χ1) is 8.45. The number of rotatable bonds is 4. The first kappa shape index (κ1) is 14.2. The maximum atomic E-state index is 12.0. The van der Waals surface area contributed by atoms with E-state index in [1.54, 1.807) is 36.2 Å². The highest BCUT2D eigenvalue weighted by Crippen LogP contribution is 2.16. The number of nitriles is 1. The summed E-state index contributed by atoms with van der Waals surface area (Å²) in [5, 5.41) is 8.83. The average molecular weight is 245 g/mol. The molecule has 0 aromatic heterocycles. The van der Waals surface area contributed by atoms with Gasteiger partial charge >= 0.3 is 0 Å². The summed E-state index contributed by atoms with van der Waals surface area (Å²) in [5.41, 5.74) is 7.15. The second kappa shape index (κ2) is 6.18. The SMILES string of the molecule is CC(C)C(N)CC(=O)N(C)c1cccc(C#N)c1. The second-order valence-electron chi connectivity index (χ2n) is 4.73. The van der Waals surface area contributed by atoms with E-state index < -0.39 is 0 Å². The zero-order valence-electron chi connectivity index (χ0n) is 11.1. The van der Waals surface area contributed by atoms with Gasteiger partial charge in [0.1, 0.15) is 0 Å². The van der Waals surface area contributed by atoms with Crippen LogP contribution in [0.3, 0.4) is 0 Å². The second-order valence-corrected chi connectivity index (χ2v) is 4.73. The van der Waals surface area contributed by atoms with Gasteiger partial charge in [0.15, 0.2) is 0 Å². The lowest BCUT2D eigenvalue weighted by atomic mass is 10.0. The van der Waals surface area contributed by atoms with Crippen molar-refractivity contribution in [2.75, 3.05) is 11.9 Å². The molecule has 96 valence electrons. The minimum absolute atomic E-state index is 0.0358. The topological polar surface area (TPSA) is 70.1 Å². The van der Waals surface area contributed by atoms with Crippen LogP contribution in [0.15, 0.2) is 24.3 Å². The molecule has 2 N–H and O–H groups in total. The van der Waals surface area contributed by atoms with E-state index in [9.17, 15) is 4.79 Å². The highest BCUT2D eigenvalue weighted by molar-refractivity contribution is 5.93. The van der Waals surface area contributed by atoms with Gasteiger partial charge in [-0.25, -0.2) is 0 Å². The zero-order valence-corrected chi connectivity index (χ0v) is 11.1. The van der Waals surface area contributed by atoms with Crippen molar-refractivity contribution in [1.29, 1.82) is 5.26 Å². The predicted molar refractivity (Wildman–Crippen MR) is 72.0 cm³/mol. The lowest BCUT2D eigenvalue weighted by molar-refractivity contribution is -0.118. The van der Waals surface area contributed by atoms with Gasteiger partial charge in [0.25, 0.3) is 0 Å². The van der Waals surface area contributed by atoms with Crippen molar-refractivity contribution in [1.82, 2.24) is 0 Å². The van der Waals surface area contributed by atoms with Crippen LogP contribution in [0.2, 0.25) is 0 Å². The van der Waals surface area contributed by atoms with Gasteiger partial charge in [-0.15, -0.1) is 0 Å². The van der Waals surface area contributed by atoms with Crippen LogP contribution in [0.4, 0.5) is 5.69 Å². The summed E-state index contributed by atoms with van der Waals surface area (Å²) >= 11 is 0. The number of benzene rings is 1. The van der Waals surface area contributed by atoms with E-state index in [4.69, 9.17) is 11.0 Å². The third-order valence-corrected chi connectivity index (χ3v) is 3.00. The van der Waals surface area contributed by atoms with Crippen LogP contribution in [0.25, 0.3) is 0 Å². The van der Waals surface area contributed by atoms with Gasteiger partial charge in [0.05, 0.1) is 11.6 Å². The molecule has 0 aliphatic carbocycles. The maximum absolute atomic E-state index is 12.0. The zero-order chi connectivity index (χ0) is 13.7. The largest absolute Gasteiger partial charge is 0.327 e. The van der Waals surface area contributed by atoms with E-state index in [0.29, 0.717) is 12.0 Å². The number of nitrogens with two attached hydrogens (primary N) is 1. The number of hydrogen-bond donors (Lipinski definition) is 1. The van der Waals surface area contributed by atoms with Gasteiger partial charge in [0.2, 0.25) is 5.91 Å². The predicted octanol–water partition coefficient (Wildman–Crippen LogP) is 1.89. The molecule has 1 amide bonds. The fraction of sp³-hybridized carbons (Fsp3) is 0.429. The molecular formula is C14H19N3O. The molecule has 1 rings (SSSR count). The molecule has 0 aliphatic heterocycles. The number of carbonyl (C=O) groups is 1. The molecule has 1 unspecified atom stereocenters. The molecule has 4 nitrogen and oxygen atoms in total. The average Bonchev–Trinajstić information content (AvgIpc) is 2.37. The third kappa shape index (κ3) is 3.57. The molecule has 0 heterocycles. The molecule has 1 atom stereocenters. The number of carbonyl (C=O) groups excluding carboxylic acids is 1. The molecule has 1 aromatic carbocycles. The maximum Gasteiger partial charge on any atom is 0.228 e. The van der Waals surface area contributed by atoms with E-state index in [1.807, 2.05) is 13.8 Å². The lowest BCUT2D eigenvalue weighted by Crippen LogP contribution is -2.36. The van der Waals surface area contributed by atoms with Crippen LogP contribution in [0, 0.1) is 17.2 Å². The Morgan fingerprint density at radius 1 is 1.50 bits per heavy atom. The first-order valence-corrected chi connectivity index (χ1v) is 5.98. The summed E-state index contributed by atoms with van der Waals surface area (Å²) in [6.45, 7) is 3.99. The van der Waals surface area contributed by atoms with E-state index in [0.717, 1.165) is 5.69 Å². The molecule has 1 aromatic rings. The molecule has 0 saturated carbocycles. The van der Waals surface area contributed by atoms with Crippen molar-refractivity contribution in [2.45, 2.75) is 26.3 Å². The fourth-order valence-electron chi connectivity index (χ4n) is 1.50. The van der Waals surface area contributed by atoms with Crippen molar-refractivity contribution in [3.63, 3.8) is 0 Å². The Balaban J connectivity index is 2.77. The minimum Gasteiger partial charge on any atom is -0.327 e. The quantitative estimate of drug-likeness (QED) is 0.880. The Kier molecular flexibility index (Phi) is 4.87. The number of hydrogen-bond acceptors (Lipinski definition) is 3. The van der Waals surface area contributed by atoms with Crippen LogP contribution in [0.1, 0.15) is 25.8 Å². The number of nitrogens with zero attached hydrogens (tertiary/aromatic N) is 2. The first-order valence-electron chi connectivity index (χ1n) is 5.98. The van der Waals surface area contributed by atoms with Gasteiger partial charge in [-0.2, -0.15) is 5.26 Å². The van der Waals surface area contributed by atoms with E-state index >= 15 is 0 Å². The van der Waals surface area contributed by atoms with Crippen molar-refractivity contribution >= 4 is 11.6 Å². The minimum atomic E-state index is -0.140. The van der Waals surface area contributed by atoms with Crippen LogP contribution < -0.4 is 10.6 Å². The monoisotopic (exact) mass is 245 g/mol. The normalized spacial score (nSPS) is 12.0. The van der Waals surface area contributed by atoms with E-state index in [1.165, 1.54) is 0 Å². The highest BCUT2D eigenvalue weighted by Gasteiger charge is 2.17. The highest BCUT2D eigenvalue weighted by atomic mass is 16.2. The van der Waals surface area contributed by atoms with Gasteiger partial charge in [0, 0.05) is 25.2 Å². The summed E-state index contributed by atoms with van der Waals surface area (Å²) in [5.74, 6) is 0.235. The van der Waals surface area contributed by atoms with Crippen LogP contribution >= 0.6 is 0 Å². The Labute approximate surface area is 108 Å². The van der Waals surface area contributed by atoms with Gasteiger partial charge in [-0.3, -0.25) is 4.79 Å². The Bertz CT molecular complexity index is 462. The smallest absolute Gasteiger partial charge is 0.228 e. The van der Waals surface area contributed by atoms with Gasteiger partial charge in [-0.1, -0.05) is 19.9 Å². The summed E-state index contributed by atoms with van der Waals surface area (Å²) in [6, 6.07) is 8.89. The lowest BCUT2D eigenvalue weighted by Gasteiger charge is -2.21. The van der Waals surface area contributed by atoms with Crippen LogP contribution in [-0.4, -0.2) is 19.0 Å². The molecule has 0 fully saturated rings. The van der Waals surface area contributed by atoms with Crippen molar-refractivity contribution < 1.29 is 4.79 Å². The van der Waals surface area contributed by atoms with Crippen molar-refractivity contribution in [3.05, 3.63) is 29.8 Å². The number of anilines is 1. The summed E-state index contributed by atoms with van der Waals surface area (Å²) in [6.07, 6.45) is 0.310. The Hall–Kier alpha value is -1.86. The van der Waals surface area contributed by atoms with Crippen molar-refractivity contribution in [3.8, 4) is 6.07 Å². The molecule has 0 bridgehead atoms. The standard InChI is InChI=1S/C14H19N3O/c1-10(2)13(16)8-14(18)17(3)12-6-4-5-11(7-12)9-15/h4-7,10,13H,8,16H2,1-3H3. The molecule has 0 spiro atoms.